The summed E-state index contributed by atoms with van der Waals surface area (Å²) in [7, 11) is 3.28. The highest BCUT2D eigenvalue weighted by Crippen LogP contribution is 2.23. The molecule has 0 saturated heterocycles. The van der Waals surface area contributed by atoms with Gasteiger partial charge < -0.3 is 15.5 Å². The molecule has 0 aliphatic carbocycles. The largest absolute Gasteiger partial charge is 0.364 e. The Morgan fingerprint density at radius 2 is 1.93 bits per heavy atom. The topological polar surface area (TPSA) is 88.0 Å². The Morgan fingerprint density at radius 1 is 1.20 bits per heavy atom. The summed E-state index contributed by atoms with van der Waals surface area (Å²) in [4.78, 5) is 21.4. The summed E-state index contributed by atoms with van der Waals surface area (Å²) in [5, 5.41) is 9.73. The quantitative estimate of drug-likeness (QED) is 0.550. The van der Waals surface area contributed by atoms with Crippen LogP contribution in [0.5, 0.6) is 0 Å². The number of carbonyl (C=O) groups is 1. The fourth-order valence-electron chi connectivity index (χ4n) is 2.38. The van der Waals surface area contributed by atoms with Crippen molar-refractivity contribution in [2.24, 2.45) is 0 Å². The Hall–Kier alpha value is -3.34. The van der Waals surface area contributed by atoms with Crippen molar-refractivity contribution in [1.29, 1.82) is 0 Å². The van der Waals surface area contributed by atoms with Crippen molar-refractivity contribution < 1.29 is 18.0 Å². The predicted molar refractivity (Wildman–Crippen MR) is 105 cm³/mol. The Kier molecular flexibility index (Phi) is 6.40. The van der Waals surface area contributed by atoms with Gasteiger partial charge in [0, 0.05) is 32.4 Å². The molecule has 0 aliphatic rings. The van der Waals surface area contributed by atoms with Crippen molar-refractivity contribution in [2.45, 2.75) is 13.1 Å². The number of nitrogens with zero attached hydrogens (tertiary/aromatic N) is 5. The molecule has 3 aromatic rings. The molecule has 2 heterocycles. The van der Waals surface area contributed by atoms with Gasteiger partial charge in [-0.3, -0.25) is 9.48 Å². The van der Waals surface area contributed by atoms with Gasteiger partial charge in [-0.1, -0.05) is 11.6 Å². The third kappa shape index (κ3) is 4.98. The summed E-state index contributed by atoms with van der Waals surface area (Å²) in [5.74, 6) is -3.26. The first kappa shape index (κ1) is 21.4. The average molecular weight is 440 g/mol. The second-order valence-corrected chi connectivity index (χ2v) is 6.81. The highest BCUT2D eigenvalue weighted by molar-refractivity contribution is 6.32. The molecule has 158 valence electrons. The lowest BCUT2D eigenvalue weighted by Crippen LogP contribution is -2.26. The van der Waals surface area contributed by atoms with Crippen LogP contribution in [0.1, 0.15) is 5.56 Å². The summed E-state index contributed by atoms with van der Waals surface area (Å²) in [6, 6.07) is 1.54. The molecule has 30 heavy (non-hydrogen) atoms. The molecule has 3 rings (SSSR count). The van der Waals surface area contributed by atoms with Crippen LogP contribution < -0.4 is 10.6 Å². The molecule has 0 radical (unpaired) electrons. The second kappa shape index (κ2) is 8.99. The molecule has 0 aliphatic heterocycles. The molecule has 8 nitrogen and oxygen atoms in total. The summed E-state index contributed by atoms with van der Waals surface area (Å²) in [5.41, 5.74) is 0.0306. The second-order valence-electron chi connectivity index (χ2n) is 6.41. The minimum Gasteiger partial charge on any atom is -0.364 e. The van der Waals surface area contributed by atoms with Gasteiger partial charge in [-0.15, -0.1) is 0 Å². The zero-order valence-electron chi connectivity index (χ0n) is 16.0. The first-order chi connectivity index (χ1) is 14.2. The summed E-state index contributed by atoms with van der Waals surface area (Å²) < 4.78 is 42.4. The van der Waals surface area contributed by atoms with Gasteiger partial charge in [0.15, 0.2) is 17.5 Å². The molecule has 12 heteroatoms. The van der Waals surface area contributed by atoms with E-state index in [9.17, 15) is 18.0 Å². The number of halogens is 4. The van der Waals surface area contributed by atoms with Crippen molar-refractivity contribution >= 4 is 35.0 Å². The number of rotatable bonds is 7. The molecule has 0 spiro atoms. The fourth-order valence-corrected chi connectivity index (χ4v) is 2.54. The molecule has 0 unspecified atom stereocenters. The normalized spacial score (nSPS) is 10.7. The zero-order valence-corrected chi connectivity index (χ0v) is 16.7. The van der Waals surface area contributed by atoms with Crippen LogP contribution in [0.15, 0.2) is 30.7 Å². The third-order valence-corrected chi connectivity index (χ3v) is 4.28. The molecule has 1 amide bonds. The maximum atomic E-state index is 13.8. The van der Waals surface area contributed by atoms with Gasteiger partial charge in [-0.25, -0.2) is 18.2 Å². The van der Waals surface area contributed by atoms with Crippen LogP contribution in [-0.4, -0.2) is 44.7 Å². The number of aromatic nitrogens is 4. The number of anilines is 3. The van der Waals surface area contributed by atoms with E-state index in [2.05, 4.69) is 25.7 Å². The lowest BCUT2D eigenvalue weighted by Gasteiger charge is -2.11. The number of carbonyl (C=O) groups excluding carboxylic acids is 1. The molecular formula is C18H17ClF3N7O. The van der Waals surface area contributed by atoms with Gasteiger partial charge >= 0.3 is 0 Å². The van der Waals surface area contributed by atoms with Crippen molar-refractivity contribution in [1.82, 2.24) is 24.6 Å². The molecule has 2 N–H and O–H groups in total. The van der Waals surface area contributed by atoms with Gasteiger partial charge in [0.25, 0.3) is 0 Å². The number of hydrogen-bond donors (Lipinski definition) is 2. The third-order valence-electron chi connectivity index (χ3n) is 4.00. The number of nitrogens with one attached hydrogen (secondary N) is 2. The van der Waals surface area contributed by atoms with E-state index in [0.717, 1.165) is 6.07 Å². The highest BCUT2D eigenvalue weighted by atomic mass is 35.5. The Labute approximate surface area is 174 Å². The lowest BCUT2D eigenvalue weighted by molar-refractivity contribution is -0.129. The van der Waals surface area contributed by atoms with Crippen LogP contribution in [0, 0.1) is 17.5 Å². The highest BCUT2D eigenvalue weighted by Gasteiger charge is 2.15. The molecule has 1 aromatic carbocycles. The van der Waals surface area contributed by atoms with Crippen molar-refractivity contribution in [2.75, 3.05) is 24.7 Å². The van der Waals surface area contributed by atoms with Crippen molar-refractivity contribution in [3.8, 4) is 0 Å². The first-order valence-electron chi connectivity index (χ1n) is 8.63. The minimum atomic E-state index is -1.29. The van der Waals surface area contributed by atoms with Gasteiger partial charge in [0.05, 0.1) is 18.1 Å². The van der Waals surface area contributed by atoms with Gasteiger partial charge in [0.1, 0.15) is 17.4 Å². The van der Waals surface area contributed by atoms with E-state index < -0.39 is 23.0 Å². The Morgan fingerprint density at radius 3 is 2.67 bits per heavy atom. The van der Waals surface area contributed by atoms with Gasteiger partial charge in [-0.2, -0.15) is 10.1 Å². The van der Waals surface area contributed by atoms with Crippen LogP contribution in [-0.2, 0) is 17.9 Å². The summed E-state index contributed by atoms with van der Waals surface area (Å²) >= 11 is 6.03. The van der Waals surface area contributed by atoms with Crippen LogP contribution in [0.25, 0.3) is 0 Å². The number of hydrogen-bond acceptors (Lipinski definition) is 6. The van der Waals surface area contributed by atoms with E-state index in [1.807, 2.05) is 0 Å². The predicted octanol–water partition coefficient (Wildman–Crippen LogP) is 3.19. The SMILES string of the molecule is CN(C)C(=O)Cn1cc(Nc2ncc(Cl)c(NCc3c(F)ccc(F)c3F)n2)cn1. The average Bonchev–Trinajstić information content (AvgIpc) is 3.13. The van der Waals surface area contributed by atoms with E-state index in [0.29, 0.717) is 11.8 Å². The minimum absolute atomic E-state index is 0.0632. The standard InChI is InChI=1S/C18H17ClF3N7O/c1-28(2)15(30)9-29-8-10(5-25-29)26-18-24-7-12(19)17(27-18)23-6-11-13(20)3-4-14(21)16(11)22/h3-5,7-8H,6,9H2,1-2H3,(H2,23,24,26,27). The zero-order chi connectivity index (χ0) is 21.8. The molecule has 0 fully saturated rings. The molecule has 0 saturated carbocycles. The summed E-state index contributed by atoms with van der Waals surface area (Å²) in [6.45, 7) is -0.316. The van der Waals surface area contributed by atoms with Crippen LogP contribution in [0.4, 0.5) is 30.6 Å². The van der Waals surface area contributed by atoms with E-state index in [1.165, 1.54) is 22.0 Å². The van der Waals surface area contributed by atoms with Crippen LogP contribution >= 0.6 is 11.6 Å². The molecule has 0 bridgehead atoms. The number of amides is 1. The van der Waals surface area contributed by atoms with Crippen LogP contribution in [0.3, 0.4) is 0 Å². The van der Waals surface area contributed by atoms with Crippen molar-refractivity contribution in [3.63, 3.8) is 0 Å². The molecule has 0 atom stereocenters. The maximum absolute atomic E-state index is 13.8. The van der Waals surface area contributed by atoms with Gasteiger partial charge in [0.2, 0.25) is 11.9 Å². The first-order valence-corrected chi connectivity index (χ1v) is 9.01. The van der Waals surface area contributed by atoms with Crippen LogP contribution in [0.2, 0.25) is 5.02 Å². The van der Waals surface area contributed by atoms with Gasteiger partial charge in [-0.05, 0) is 12.1 Å². The number of likely N-dealkylation sites (N-methyl/N-ethyl adjacent to an activating group) is 1. The fraction of sp³-hybridized carbons (Fsp3) is 0.222. The van der Waals surface area contributed by atoms with Crippen molar-refractivity contribution in [3.05, 3.63) is 58.8 Å². The smallest absolute Gasteiger partial charge is 0.243 e. The molecular weight excluding hydrogens is 423 g/mol. The Balaban J connectivity index is 1.71. The Bertz CT molecular complexity index is 1070. The lowest BCUT2D eigenvalue weighted by atomic mass is 10.2. The summed E-state index contributed by atoms with van der Waals surface area (Å²) in [6.07, 6.45) is 4.35. The monoisotopic (exact) mass is 439 g/mol. The molecule has 2 aromatic heterocycles. The maximum Gasteiger partial charge on any atom is 0.243 e. The number of benzene rings is 1. The van der Waals surface area contributed by atoms with E-state index in [1.54, 1.807) is 20.3 Å². The van der Waals surface area contributed by atoms with E-state index in [4.69, 9.17) is 11.6 Å². The van der Waals surface area contributed by atoms with E-state index in [-0.39, 0.29) is 35.8 Å². The van der Waals surface area contributed by atoms with E-state index >= 15 is 0 Å².